The SMILES string of the molecule is Fc1ccc(CNCc2cccc(OCc3ccccc3Cl)c2)cc1. The summed E-state index contributed by atoms with van der Waals surface area (Å²) in [6, 6.07) is 22.1. The van der Waals surface area contributed by atoms with Crippen molar-refractivity contribution in [3.05, 3.63) is 100 Å². The number of rotatable bonds is 7. The van der Waals surface area contributed by atoms with E-state index in [-0.39, 0.29) is 5.82 Å². The van der Waals surface area contributed by atoms with Gasteiger partial charge in [0.25, 0.3) is 0 Å². The highest BCUT2D eigenvalue weighted by Gasteiger charge is 2.02. The highest BCUT2D eigenvalue weighted by molar-refractivity contribution is 6.31. The van der Waals surface area contributed by atoms with E-state index in [4.69, 9.17) is 16.3 Å². The lowest BCUT2D eigenvalue weighted by molar-refractivity contribution is 0.306. The van der Waals surface area contributed by atoms with Crippen LogP contribution in [0.4, 0.5) is 4.39 Å². The molecule has 0 aliphatic carbocycles. The maximum Gasteiger partial charge on any atom is 0.123 e. The topological polar surface area (TPSA) is 21.3 Å². The van der Waals surface area contributed by atoms with Crippen molar-refractivity contribution in [3.8, 4) is 5.75 Å². The largest absolute Gasteiger partial charge is 0.489 e. The summed E-state index contributed by atoms with van der Waals surface area (Å²) in [5.41, 5.74) is 3.13. The van der Waals surface area contributed by atoms with Gasteiger partial charge < -0.3 is 10.1 Å². The van der Waals surface area contributed by atoms with Crippen LogP contribution in [0.15, 0.2) is 72.8 Å². The maximum atomic E-state index is 12.9. The molecular weight excluding hydrogens is 337 g/mol. The van der Waals surface area contributed by atoms with Crippen LogP contribution in [-0.4, -0.2) is 0 Å². The Kier molecular flexibility index (Phi) is 6.04. The normalized spacial score (nSPS) is 10.6. The van der Waals surface area contributed by atoms with E-state index in [1.54, 1.807) is 12.1 Å². The molecule has 4 heteroatoms. The second kappa shape index (κ2) is 8.65. The first-order valence-corrected chi connectivity index (χ1v) is 8.49. The van der Waals surface area contributed by atoms with Crippen molar-refractivity contribution in [3.63, 3.8) is 0 Å². The second-order valence-electron chi connectivity index (χ2n) is 5.76. The molecule has 0 atom stereocenters. The zero-order chi connectivity index (χ0) is 17.5. The van der Waals surface area contributed by atoms with E-state index in [1.807, 2.05) is 48.5 Å². The summed E-state index contributed by atoms with van der Waals surface area (Å²) in [5.74, 6) is 0.591. The van der Waals surface area contributed by atoms with Crippen LogP contribution in [0.25, 0.3) is 0 Å². The molecule has 3 aromatic rings. The monoisotopic (exact) mass is 355 g/mol. The number of hydrogen-bond acceptors (Lipinski definition) is 2. The molecule has 0 saturated carbocycles. The van der Waals surface area contributed by atoms with Crippen LogP contribution in [0.1, 0.15) is 16.7 Å². The molecule has 0 fully saturated rings. The summed E-state index contributed by atoms with van der Waals surface area (Å²) < 4.78 is 18.7. The Morgan fingerprint density at radius 1 is 0.840 bits per heavy atom. The van der Waals surface area contributed by atoms with Gasteiger partial charge in [-0.15, -0.1) is 0 Å². The van der Waals surface area contributed by atoms with Gasteiger partial charge in [0, 0.05) is 23.7 Å². The van der Waals surface area contributed by atoms with E-state index in [0.717, 1.165) is 22.4 Å². The quantitative estimate of drug-likeness (QED) is 0.617. The van der Waals surface area contributed by atoms with Gasteiger partial charge in [-0.25, -0.2) is 4.39 Å². The highest BCUT2D eigenvalue weighted by Crippen LogP contribution is 2.19. The number of ether oxygens (including phenoxy) is 1. The van der Waals surface area contributed by atoms with Gasteiger partial charge in [0.1, 0.15) is 18.2 Å². The van der Waals surface area contributed by atoms with Gasteiger partial charge >= 0.3 is 0 Å². The molecule has 0 spiro atoms. The summed E-state index contributed by atoms with van der Waals surface area (Å²) in [6.45, 7) is 1.83. The molecule has 1 N–H and O–H groups in total. The van der Waals surface area contributed by atoms with Gasteiger partial charge in [-0.3, -0.25) is 0 Å². The van der Waals surface area contributed by atoms with Crippen LogP contribution < -0.4 is 10.1 Å². The minimum atomic E-state index is -0.216. The van der Waals surface area contributed by atoms with Crippen molar-refractivity contribution in [1.82, 2.24) is 5.32 Å². The molecule has 25 heavy (non-hydrogen) atoms. The average molecular weight is 356 g/mol. The lowest BCUT2D eigenvalue weighted by Gasteiger charge is -2.10. The van der Waals surface area contributed by atoms with Gasteiger partial charge in [0.15, 0.2) is 0 Å². The lowest BCUT2D eigenvalue weighted by atomic mass is 10.2. The maximum absolute atomic E-state index is 12.9. The van der Waals surface area contributed by atoms with E-state index in [0.29, 0.717) is 24.7 Å². The zero-order valence-electron chi connectivity index (χ0n) is 13.7. The van der Waals surface area contributed by atoms with Gasteiger partial charge in [-0.2, -0.15) is 0 Å². The number of hydrogen-bond donors (Lipinski definition) is 1. The first-order valence-electron chi connectivity index (χ1n) is 8.11. The molecule has 0 bridgehead atoms. The van der Waals surface area contributed by atoms with Crippen molar-refractivity contribution in [2.45, 2.75) is 19.7 Å². The van der Waals surface area contributed by atoms with Crippen LogP contribution in [0.5, 0.6) is 5.75 Å². The fraction of sp³-hybridized carbons (Fsp3) is 0.143. The Bertz CT molecular complexity index is 820. The molecule has 0 saturated heterocycles. The molecule has 3 rings (SSSR count). The molecule has 0 aliphatic heterocycles. The Balaban J connectivity index is 1.52. The predicted octanol–water partition coefficient (Wildman–Crippen LogP) is 5.35. The summed E-state index contributed by atoms with van der Waals surface area (Å²) in [4.78, 5) is 0. The standard InChI is InChI=1S/C21H19ClFNO/c22-21-7-2-1-5-18(21)15-25-20-6-3-4-17(12-20)14-24-13-16-8-10-19(23)11-9-16/h1-12,24H,13-15H2. The van der Waals surface area contributed by atoms with Crippen molar-refractivity contribution in [2.24, 2.45) is 0 Å². The van der Waals surface area contributed by atoms with Crippen molar-refractivity contribution < 1.29 is 9.13 Å². The number of halogens is 2. The van der Waals surface area contributed by atoms with E-state index in [1.165, 1.54) is 12.1 Å². The third kappa shape index (κ3) is 5.31. The van der Waals surface area contributed by atoms with Crippen LogP contribution in [0.2, 0.25) is 5.02 Å². The molecule has 0 aromatic heterocycles. The van der Waals surface area contributed by atoms with Crippen LogP contribution in [0.3, 0.4) is 0 Å². The summed E-state index contributed by atoms with van der Waals surface area (Å²) >= 11 is 6.14. The van der Waals surface area contributed by atoms with Crippen LogP contribution >= 0.6 is 11.6 Å². The third-order valence-corrected chi connectivity index (χ3v) is 4.19. The molecule has 128 valence electrons. The van der Waals surface area contributed by atoms with Gasteiger partial charge in [0.2, 0.25) is 0 Å². The third-order valence-electron chi connectivity index (χ3n) is 3.82. The van der Waals surface area contributed by atoms with Gasteiger partial charge in [-0.05, 0) is 41.5 Å². The lowest BCUT2D eigenvalue weighted by Crippen LogP contribution is -2.12. The van der Waals surface area contributed by atoms with Gasteiger partial charge in [0.05, 0.1) is 0 Å². The van der Waals surface area contributed by atoms with Crippen LogP contribution in [-0.2, 0) is 19.7 Å². The Morgan fingerprint density at radius 2 is 1.60 bits per heavy atom. The van der Waals surface area contributed by atoms with Crippen LogP contribution in [0, 0.1) is 5.82 Å². The minimum absolute atomic E-state index is 0.216. The zero-order valence-corrected chi connectivity index (χ0v) is 14.5. The van der Waals surface area contributed by atoms with E-state index < -0.39 is 0 Å². The van der Waals surface area contributed by atoms with E-state index in [9.17, 15) is 4.39 Å². The summed E-state index contributed by atoms with van der Waals surface area (Å²) in [7, 11) is 0. The molecule has 0 amide bonds. The van der Waals surface area contributed by atoms with E-state index in [2.05, 4.69) is 5.32 Å². The number of nitrogens with one attached hydrogen (secondary N) is 1. The van der Waals surface area contributed by atoms with Crippen molar-refractivity contribution >= 4 is 11.6 Å². The van der Waals surface area contributed by atoms with Crippen molar-refractivity contribution in [1.29, 1.82) is 0 Å². The first kappa shape index (κ1) is 17.5. The molecule has 2 nitrogen and oxygen atoms in total. The second-order valence-corrected chi connectivity index (χ2v) is 6.16. The minimum Gasteiger partial charge on any atom is -0.489 e. The highest BCUT2D eigenvalue weighted by atomic mass is 35.5. The summed E-state index contributed by atoms with van der Waals surface area (Å²) in [5, 5.41) is 4.06. The number of benzene rings is 3. The first-order chi connectivity index (χ1) is 12.2. The Hall–Kier alpha value is -2.36. The molecule has 0 unspecified atom stereocenters. The fourth-order valence-corrected chi connectivity index (χ4v) is 2.67. The molecule has 0 radical (unpaired) electrons. The predicted molar refractivity (Wildman–Crippen MR) is 99.2 cm³/mol. The molecule has 3 aromatic carbocycles. The fourth-order valence-electron chi connectivity index (χ4n) is 2.48. The average Bonchev–Trinajstić information content (AvgIpc) is 2.63. The van der Waals surface area contributed by atoms with Crippen molar-refractivity contribution in [2.75, 3.05) is 0 Å². The smallest absolute Gasteiger partial charge is 0.123 e. The van der Waals surface area contributed by atoms with Gasteiger partial charge in [-0.1, -0.05) is 54.1 Å². The van der Waals surface area contributed by atoms with E-state index >= 15 is 0 Å². The Morgan fingerprint density at radius 3 is 2.40 bits per heavy atom. The molecule has 0 aliphatic rings. The summed E-state index contributed by atoms with van der Waals surface area (Å²) in [6.07, 6.45) is 0. The molecular formula is C21H19ClFNO. The molecule has 0 heterocycles. The Labute approximate surface area is 152 Å².